The molecule has 0 spiro atoms. The molecule has 3 N–H and O–H groups in total. The molecular formula is C14H27N3O2. The van der Waals surface area contributed by atoms with E-state index in [9.17, 15) is 4.79 Å². The molecule has 0 bridgehead atoms. The smallest absolute Gasteiger partial charge is 0.231 e. The average molecular weight is 269 g/mol. The van der Waals surface area contributed by atoms with Crippen molar-refractivity contribution in [2.75, 3.05) is 26.7 Å². The van der Waals surface area contributed by atoms with Crippen molar-refractivity contribution in [2.45, 2.75) is 56.7 Å². The lowest BCUT2D eigenvalue weighted by Gasteiger charge is -2.36. The van der Waals surface area contributed by atoms with E-state index in [1.165, 1.54) is 19.3 Å². The number of nitrogens with one attached hydrogen (secondary N) is 1. The van der Waals surface area contributed by atoms with Crippen LogP contribution >= 0.6 is 0 Å². The molecule has 110 valence electrons. The van der Waals surface area contributed by atoms with Crippen LogP contribution in [0.25, 0.3) is 0 Å². The molecule has 5 heteroatoms. The first-order valence-corrected chi connectivity index (χ1v) is 7.47. The number of hydrogen-bond donors (Lipinski definition) is 2. The van der Waals surface area contributed by atoms with Gasteiger partial charge in [-0.25, -0.2) is 0 Å². The van der Waals surface area contributed by atoms with Crippen LogP contribution in [0.1, 0.15) is 38.5 Å². The Balaban J connectivity index is 1.69. The molecule has 1 saturated carbocycles. The molecular weight excluding hydrogens is 242 g/mol. The normalized spacial score (nSPS) is 30.4. The molecule has 0 aromatic rings. The molecule has 1 amide bonds. The van der Waals surface area contributed by atoms with E-state index in [1.807, 2.05) is 7.11 Å². The summed E-state index contributed by atoms with van der Waals surface area (Å²) in [6.45, 7) is 2.35. The molecule has 1 saturated heterocycles. The van der Waals surface area contributed by atoms with Crippen LogP contribution in [0.4, 0.5) is 0 Å². The number of piperidine rings is 1. The Hall–Kier alpha value is -0.650. The molecule has 19 heavy (non-hydrogen) atoms. The van der Waals surface area contributed by atoms with Crippen LogP contribution in [0.3, 0.4) is 0 Å². The van der Waals surface area contributed by atoms with E-state index in [0.29, 0.717) is 24.7 Å². The van der Waals surface area contributed by atoms with Gasteiger partial charge in [-0.2, -0.15) is 0 Å². The van der Waals surface area contributed by atoms with Gasteiger partial charge in [0.2, 0.25) is 5.91 Å². The topological polar surface area (TPSA) is 67.6 Å². The quantitative estimate of drug-likeness (QED) is 0.762. The first-order chi connectivity index (χ1) is 9.17. The number of amides is 1. The number of methoxy groups -OCH3 is 1. The number of carbonyl (C=O) groups is 1. The summed E-state index contributed by atoms with van der Waals surface area (Å²) in [6.07, 6.45) is 7.52. The zero-order chi connectivity index (χ0) is 13.7. The number of likely N-dealkylation sites (tertiary alicyclic amines) is 1. The van der Waals surface area contributed by atoms with Gasteiger partial charge < -0.3 is 15.8 Å². The summed E-state index contributed by atoms with van der Waals surface area (Å²) in [5, 5.41) is 3.77. The zero-order valence-electron chi connectivity index (χ0n) is 11.9. The number of rotatable bonds is 5. The lowest BCUT2D eigenvalue weighted by molar-refractivity contribution is -0.119. The second kappa shape index (κ2) is 7.22. The third kappa shape index (κ3) is 4.75. The molecule has 0 aromatic heterocycles. The summed E-state index contributed by atoms with van der Waals surface area (Å²) in [7, 11) is 1.81. The number of carbonyl (C=O) groups excluding carboxylic acids is 1. The van der Waals surface area contributed by atoms with Gasteiger partial charge in [0.15, 0.2) is 0 Å². The van der Waals surface area contributed by atoms with E-state index in [0.717, 1.165) is 32.4 Å². The lowest BCUT2D eigenvalue weighted by atomic mass is 9.91. The highest BCUT2D eigenvalue weighted by molar-refractivity contribution is 5.75. The van der Waals surface area contributed by atoms with Gasteiger partial charge in [-0.3, -0.25) is 9.69 Å². The van der Waals surface area contributed by atoms with Gasteiger partial charge in [0.05, 0.1) is 12.6 Å². The van der Waals surface area contributed by atoms with Crippen molar-refractivity contribution in [3.63, 3.8) is 0 Å². The molecule has 0 radical (unpaired) electrons. The van der Waals surface area contributed by atoms with E-state index >= 15 is 0 Å². The minimum atomic E-state index is -0.221. The fraction of sp³-hybridized carbons (Fsp3) is 0.929. The van der Waals surface area contributed by atoms with E-state index < -0.39 is 0 Å². The first-order valence-electron chi connectivity index (χ1n) is 7.47. The maximum Gasteiger partial charge on any atom is 0.231 e. The summed E-state index contributed by atoms with van der Waals surface area (Å²) in [4.78, 5) is 13.0. The van der Waals surface area contributed by atoms with Crippen molar-refractivity contribution in [1.29, 1.82) is 0 Å². The molecule has 1 aliphatic carbocycles. The predicted molar refractivity (Wildman–Crippen MR) is 74.8 cm³/mol. The van der Waals surface area contributed by atoms with Crippen LogP contribution < -0.4 is 11.1 Å². The molecule has 2 fully saturated rings. The monoisotopic (exact) mass is 269 g/mol. The summed E-state index contributed by atoms with van der Waals surface area (Å²) in [5.41, 5.74) is 5.23. The summed E-state index contributed by atoms with van der Waals surface area (Å²) < 4.78 is 5.47. The highest BCUT2D eigenvalue weighted by Crippen LogP contribution is 2.22. The maximum absolute atomic E-state index is 10.9. The summed E-state index contributed by atoms with van der Waals surface area (Å²) in [5.74, 6) is -0.221. The number of nitrogens with two attached hydrogens (primary N) is 1. The minimum Gasteiger partial charge on any atom is -0.381 e. The van der Waals surface area contributed by atoms with Gasteiger partial charge >= 0.3 is 0 Å². The van der Waals surface area contributed by atoms with Crippen LogP contribution in [0, 0.1) is 0 Å². The number of nitrogens with zero attached hydrogens (tertiary/aromatic N) is 1. The van der Waals surface area contributed by atoms with Gasteiger partial charge in [0, 0.05) is 32.3 Å². The van der Waals surface area contributed by atoms with Crippen molar-refractivity contribution in [3.05, 3.63) is 0 Å². The van der Waals surface area contributed by atoms with Gasteiger partial charge in [0.1, 0.15) is 0 Å². The molecule has 2 atom stereocenters. The van der Waals surface area contributed by atoms with E-state index in [4.69, 9.17) is 10.5 Å². The van der Waals surface area contributed by atoms with E-state index in [-0.39, 0.29) is 5.91 Å². The Morgan fingerprint density at radius 1 is 1.26 bits per heavy atom. The van der Waals surface area contributed by atoms with Crippen molar-refractivity contribution in [1.82, 2.24) is 10.2 Å². The Labute approximate surface area is 115 Å². The van der Waals surface area contributed by atoms with Crippen LogP contribution in [0.2, 0.25) is 0 Å². The van der Waals surface area contributed by atoms with Crippen LogP contribution in [-0.4, -0.2) is 55.7 Å². The third-order valence-corrected chi connectivity index (χ3v) is 4.40. The van der Waals surface area contributed by atoms with Crippen LogP contribution in [0.5, 0.6) is 0 Å². The second-order valence-electron chi connectivity index (χ2n) is 5.90. The lowest BCUT2D eigenvalue weighted by Crippen LogP contribution is -2.49. The van der Waals surface area contributed by atoms with E-state index in [2.05, 4.69) is 10.2 Å². The zero-order valence-corrected chi connectivity index (χ0v) is 11.9. The van der Waals surface area contributed by atoms with Gasteiger partial charge in [-0.05, 0) is 38.5 Å². The fourth-order valence-corrected chi connectivity index (χ4v) is 3.32. The summed E-state index contributed by atoms with van der Waals surface area (Å²) in [6, 6.07) is 1.19. The van der Waals surface area contributed by atoms with Crippen molar-refractivity contribution in [3.8, 4) is 0 Å². The number of ether oxygens (including phenoxy) is 1. The predicted octanol–water partition coefficient (Wildman–Crippen LogP) is 0.483. The van der Waals surface area contributed by atoms with Gasteiger partial charge in [-0.15, -0.1) is 0 Å². The second-order valence-corrected chi connectivity index (χ2v) is 5.90. The molecule has 5 nitrogen and oxygen atoms in total. The van der Waals surface area contributed by atoms with Crippen LogP contribution in [-0.2, 0) is 9.53 Å². The van der Waals surface area contributed by atoms with Gasteiger partial charge in [-0.1, -0.05) is 0 Å². The van der Waals surface area contributed by atoms with Crippen molar-refractivity contribution >= 4 is 5.91 Å². The van der Waals surface area contributed by atoms with Crippen molar-refractivity contribution < 1.29 is 9.53 Å². The fourth-order valence-electron chi connectivity index (χ4n) is 3.32. The Bertz CT molecular complexity index is 290. The third-order valence-electron chi connectivity index (χ3n) is 4.40. The summed E-state index contributed by atoms with van der Waals surface area (Å²) >= 11 is 0. The largest absolute Gasteiger partial charge is 0.381 e. The van der Waals surface area contributed by atoms with Crippen molar-refractivity contribution in [2.24, 2.45) is 5.73 Å². The standard InChI is InChI=1S/C14H27N3O2/c1-19-13-4-2-3-12(9-13)16-11-5-7-17(8-6-11)10-14(15)18/h11-13,16H,2-10H2,1H3,(H2,15,18). The Morgan fingerprint density at radius 3 is 2.63 bits per heavy atom. The Kier molecular flexibility index (Phi) is 5.60. The highest BCUT2D eigenvalue weighted by atomic mass is 16.5. The molecule has 2 rings (SSSR count). The average Bonchev–Trinajstić information content (AvgIpc) is 2.41. The molecule has 2 unspecified atom stereocenters. The first kappa shape index (κ1) is 14.8. The Morgan fingerprint density at radius 2 is 2.00 bits per heavy atom. The van der Waals surface area contributed by atoms with Gasteiger partial charge in [0.25, 0.3) is 0 Å². The van der Waals surface area contributed by atoms with E-state index in [1.54, 1.807) is 0 Å². The molecule has 2 aliphatic rings. The number of hydrogen-bond acceptors (Lipinski definition) is 4. The maximum atomic E-state index is 10.9. The molecule has 0 aromatic carbocycles. The molecule has 1 heterocycles. The van der Waals surface area contributed by atoms with Crippen LogP contribution in [0.15, 0.2) is 0 Å². The number of primary amides is 1. The highest BCUT2D eigenvalue weighted by Gasteiger charge is 2.26. The SMILES string of the molecule is COC1CCCC(NC2CCN(CC(N)=O)CC2)C1. The minimum absolute atomic E-state index is 0.221. The molecule has 1 aliphatic heterocycles.